The van der Waals surface area contributed by atoms with Crippen LogP contribution in [0.3, 0.4) is 0 Å². The minimum Gasteiger partial charge on any atom is -0.291 e. The van der Waals surface area contributed by atoms with Gasteiger partial charge in [-0.3, -0.25) is 4.99 Å². The van der Waals surface area contributed by atoms with Gasteiger partial charge < -0.3 is 0 Å². The zero-order valence-electron chi connectivity index (χ0n) is 13.1. The van der Waals surface area contributed by atoms with E-state index in [0.717, 1.165) is 5.92 Å². The van der Waals surface area contributed by atoms with Crippen molar-refractivity contribution in [1.29, 1.82) is 0 Å². The highest BCUT2D eigenvalue weighted by Gasteiger charge is 2.38. The van der Waals surface area contributed by atoms with Crippen LogP contribution in [-0.2, 0) is 0 Å². The molecule has 1 aliphatic carbocycles. The highest BCUT2D eigenvalue weighted by atomic mass is 14.8. The molecule has 1 fully saturated rings. The molecule has 0 aliphatic heterocycles. The molecule has 2 atom stereocenters. The van der Waals surface area contributed by atoms with Crippen molar-refractivity contribution in [2.75, 3.05) is 0 Å². The first-order valence-corrected chi connectivity index (χ1v) is 7.38. The Hall–Kier alpha value is -0.330. The molecule has 1 rings (SSSR count). The van der Waals surface area contributed by atoms with Gasteiger partial charge in [-0.25, -0.2) is 0 Å². The number of rotatable bonds is 4. The summed E-state index contributed by atoms with van der Waals surface area (Å²) in [5.74, 6) is 0.913. The third-order valence-corrected chi connectivity index (χ3v) is 3.71. The Morgan fingerprint density at radius 1 is 1.24 bits per heavy atom. The van der Waals surface area contributed by atoms with Crippen LogP contribution in [-0.4, -0.2) is 11.8 Å². The Morgan fingerprint density at radius 2 is 1.76 bits per heavy atom. The second kappa shape index (κ2) is 7.89. The summed E-state index contributed by atoms with van der Waals surface area (Å²) in [6, 6.07) is 0.574. The zero-order chi connectivity index (χ0) is 13.5. The van der Waals surface area contributed by atoms with Gasteiger partial charge in [-0.2, -0.15) is 0 Å². The molecule has 1 nitrogen and oxygen atoms in total. The molecule has 17 heavy (non-hydrogen) atoms. The van der Waals surface area contributed by atoms with Crippen molar-refractivity contribution in [3.63, 3.8) is 0 Å². The van der Waals surface area contributed by atoms with Crippen LogP contribution >= 0.6 is 0 Å². The summed E-state index contributed by atoms with van der Waals surface area (Å²) in [6.45, 7) is 15.5. The van der Waals surface area contributed by atoms with Gasteiger partial charge in [0.1, 0.15) is 0 Å². The fraction of sp³-hybridized carbons (Fsp3) is 0.938. The van der Waals surface area contributed by atoms with Crippen molar-refractivity contribution in [2.45, 2.75) is 86.6 Å². The quantitative estimate of drug-likeness (QED) is 0.575. The van der Waals surface area contributed by atoms with E-state index in [0.29, 0.717) is 11.5 Å². The molecular weight excluding hydrogens is 206 g/mol. The fourth-order valence-electron chi connectivity index (χ4n) is 2.37. The monoisotopic (exact) mass is 239 g/mol. The maximum absolute atomic E-state index is 4.70. The molecule has 0 radical (unpaired) electrons. The van der Waals surface area contributed by atoms with Crippen LogP contribution in [0.1, 0.15) is 80.6 Å². The van der Waals surface area contributed by atoms with E-state index < -0.39 is 0 Å². The van der Waals surface area contributed by atoms with Crippen molar-refractivity contribution >= 4 is 5.71 Å². The van der Waals surface area contributed by atoms with E-state index in [1.165, 1.54) is 37.8 Å². The predicted octanol–water partition coefficient (Wildman–Crippen LogP) is 5.49. The van der Waals surface area contributed by atoms with Crippen LogP contribution in [0, 0.1) is 11.3 Å². The molecule has 1 saturated carbocycles. The summed E-state index contributed by atoms with van der Waals surface area (Å²) < 4.78 is 0. The average molecular weight is 239 g/mol. The topological polar surface area (TPSA) is 12.4 Å². The van der Waals surface area contributed by atoms with E-state index in [4.69, 9.17) is 4.99 Å². The molecule has 1 heteroatoms. The molecule has 0 aromatic carbocycles. The third-order valence-electron chi connectivity index (χ3n) is 3.71. The van der Waals surface area contributed by atoms with Crippen LogP contribution in [0.4, 0.5) is 0 Å². The Kier molecular flexibility index (Phi) is 7.74. The lowest BCUT2D eigenvalue weighted by atomic mass is 9.60. The van der Waals surface area contributed by atoms with Gasteiger partial charge in [0.05, 0.1) is 0 Å². The van der Waals surface area contributed by atoms with Crippen LogP contribution < -0.4 is 0 Å². The van der Waals surface area contributed by atoms with E-state index in [-0.39, 0.29) is 0 Å². The van der Waals surface area contributed by atoms with Gasteiger partial charge in [0.15, 0.2) is 0 Å². The van der Waals surface area contributed by atoms with E-state index in [1.54, 1.807) is 0 Å². The first kappa shape index (κ1) is 16.7. The van der Waals surface area contributed by atoms with E-state index in [9.17, 15) is 0 Å². The number of aliphatic imine (C=N–C) groups is 1. The predicted molar refractivity (Wildman–Crippen MR) is 79.9 cm³/mol. The van der Waals surface area contributed by atoms with E-state index in [1.807, 2.05) is 0 Å². The van der Waals surface area contributed by atoms with Gasteiger partial charge in [0.2, 0.25) is 0 Å². The fourth-order valence-corrected chi connectivity index (χ4v) is 2.37. The number of hydrogen-bond donors (Lipinski definition) is 0. The van der Waals surface area contributed by atoms with Gasteiger partial charge in [-0.1, -0.05) is 41.0 Å². The Labute approximate surface area is 109 Å². The molecular formula is C16H33N. The summed E-state index contributed by atoms with van der Waals surface area (Å²) in [7, 11) is 0. The highest BCUT2D eigenvalue weighted by molar-refractivity contribution is 5.79. The summed E-state index contributed by atoms with van der Waals surface area (Å²) in [6.07, 6.45) is 6.57. The van der Waals surface area contributed by atoms with Crippen molar-refractivity contribution in [1.82, 2.24) is 0 Å². The molecule has 1 aliphatic rings. The lowest BCUT2D eigenvalue weighted by Crippen LogP contribution is -2.36. The molecule has 0 amide bonds. The van der Waals surface area contributed by atoms with Gasteiger partial charge in [-0.05, 0) is 50.9 Å². The molecule has 102 valence electrons. The number of hydrogen-bond acceptors (Lipinski definition) is 1. The Balaban J connectivity index is 0.000000770. The molecule has 0 heterocycles. The summed E-state index contributed by atoms with van der Waals surface area (Å²) in [4.78, 5) is 4.70. The van der Waals surface area contributed by atoms with Crippen molar-refractivity contribution < 1.29 is 0 Å². The second-order valence-corrected chi connectivity index (χ2v) is 6.31. The lowest BCUT2D eigenvalue weighted by Gasteiger charge is -2.45. The van der Waals surface area contributed by atoms with E-state index >= 15 is 0 Å². The van der Waals surface area contributed by atoms with Crippen LogP contribution in [0.15, 0.2) is 4.99 Å². The van der Waals surface area contributed by atoms with Crippen molar-refractivity contribution in [3.8, 4) is 0 Å². The minimum absolute atomic E-state index is 0.574. The van der Waals surface area contributed by atoms with Gasteiger partial charge >= 0.3 is 0 Å². The second-order valence-electron chi connectivity index (χ2n) is 6.31. The van der Waals surface area contributed by atoms with Crippen LogP contribution in [0.25, 0.3) is 0 Å². The SMILES string of the molecule is CCC.CC[C@H](C[C@@H]1CCC1(C)C)N=C(C)C. The van der Waals surface area contributed by atoms with Crippen LogP contribution in [0.5, 0.6) is 0 Å². The highest BCUT2D eigenvalue weighted by Crippen LogP contribution is 2.48. The van der Waals surface area contributed by atoms with Crippen molar-refractivity contribution in [2.24, 2.45) is 16.3 Å². The van der Waals surface area contributed by atoms with Gasteiger partial charge in [0, 0.05) is 11.8 Å². The maximum Gasteiger partial charge on any atom is 0.0499 e. The summed E-state index contributed by atoms with van der Waals surface area (Å²) >= 11 is 0. The standard InChI is InChI=1S/C13H25N.C3H8/c1-6-12(14-10(2)3)9-11-7-8-13(11,4)5;1-3-2/h11-12H,6-9H2,1-5H3;3H2,1-2H3/t11-,12+;/m0./s1. The molecule has 0 aromatic rings. The number of nitrogens with zero attached hydrogens (tertiary/aromatic N) is 1. The van der Waals surface area contributed by atoms with Gasteiger partial charge in [-0.15, -0.1) is 0 Å². The largest absolute Gasteiger partial charge is 0.291 e. The molecule has 0 unspecified atom stereocenters. The lowest BCUT2D eigenvalue weighted by molar-refractivity contribution is 0.0585. The molecule has 0 N–H and O–H groups in total. The van der Waals surface area contributed by atoms with Crippen LogP contribution in [0.2, 0.25) is 0 Å². The van der Waals surface area contributed by atoms with E-state index in [2.05, 4.69) is 48.5 Å². The average Bonchev–Trinajstić information content (AvgIpc) is 2.23. The first-order chi connectivity index (χ1) is 7.87. The summed E-state index contributed by atoms with van der Waals surface area (Å²) in [5, 5.41) is 0. The first-order valence-electron chi connectivity index (χ1n) is 7.38. The van der Waals surface area contributed by atoms with Crippen molar-refractivity contribution in [3.05, 3.63) is 0 Å². The minimum atomic E-state index is 0.574. The zero-order valence-corrected chi connectivity index (χ0v) is 13.1. The summed E-state index contributed by atoms with van der Waals surface area (Å²) in [5.41, 5.74) is 1.82. The van der Waals surface area contributed by atoms with Gasteiger partial charge in [0.25, 0.3) is 0 Å². The third kappa shape index (κ3) is 6.24. The normalized spacial score (nSPS) is 22.9. The molecule has 0 aromatic heterocycles. The smallest absolute Gasteiger partial charge is 0.0499 e. The molecule has 0 spiro atoms. The molecule has 0 saturated heterocycles. The maximum atomic E-state index is 4.70. The Morgan fingerprint density at radius 3 is 2.00 bits per heavy atom. The molecule has 0 bridgehead atoms. The Bertz CT molecular complexity index is 224.